The molecule has 1 rings (SSSR count). The third-order valence-electron chi connectivity index (χ3n) is 2.63. The van der Waals surface area contributed by atoms with E-state index in [9.17, 15) is 13.2 Å². The van der Waals surface area contributed by atoms with Crippen LogP contribution >= 0.6 is 0 Å². The molecule has 0 atom stereocenters. The number of rotatable bonds is 6. The van der Waals surface area contributed by atoms with E-state index >= 15 is 0 Å². The predicted octanol–water partition coefficient (Wildman–Crippen LogP) is -1.42. The zero-order valence-corrected chi connectivity index (χ0v) is 11.7. The van der Waals surface area contributed by atoms with Crippen LogP contribution in [0.1, 0.15) is 13.8 Å². The number of carbonyl (C=O) groups excluding carboxylic acids is 1. The topological polar surface area (TPSA) is 95.7 Å². The number of nitrogens with one attached hydrogen (secondary N) is 1. The number of hydrogen-bond acceptors (Lipinski definition) is 4. The van der Waals surface area contributed by atoms with E-state index in [1.165, 1.54) is 8.61 Å². The van der Waals surface area contributed by atoms with Gasteiger partial charge in [-0.1, -0.05) is 13.8 Å². The van der Waals surface area contributed by atoms with Gasteiger partial charge < -0.3 is 11.1 Å². The van der Waals surface area contributed by atoms with Crippen LogP contribution in [0.4, 0.5) is 0 Å². The number of nitrogens with two attached hydrogens (primary N) is 1. The molecule has 0 spiro atoms. The Kier molecular flexibility index (Phi) is 5.51. The van der Waals surface area contributed by atoms with Crippen LogP contribution in [0.3, 0.4) is 0 Å². The van der Waals surface area contributed by atoms with E-state index in [0.717, 1.165) is 0 Å². The Labute approximate surface area is 108 Å². The number of piperazine rings is 1. The summed E-state index contributed by atoms with van der Waals surface area (Å²) in [4.78, 5) is 11.0. The first-order valence-electron chi connectivity index (χ1n) is 6.08. The largest absolute Gasteiger partial charge is 0.369 e. The summed E-state index contributed by atoms with van der Waals surface area (Å²) in [5.41, 5.74) is 5.12. The summed E-state index contributed by atoms with van der Waals surface area (Å²) >= 11 is 0. The number of primary amides is 1. The molecule has 1 aliphatic heterocycles. The number of carbonyl (C=O) groups is 1. The molecule has 3 N–H and O–H groups in total. The first-order valence-corrected chi connectivity index (χ1v) is 7.48. The molecule has 1 heterocycles. The summed E-state index contributed by atoms with van der Waals surface area (Å²) in [5, 5.41) is 3.09. The fourth-order valence-electron chi connectivity index (χ4n) is 1.86. The summed E-state index contributed by atoms with van der Waals surface area (Å²) in [6.45, 7) is 5.96. The molecule has 1 aliphatic rings. The van der Waals surface area contributed by atoms with E-state index in [1.54, 1.807) is 0 Å². The second kappa shape index (κ2) is 6.46. The van der Waals surface area contributed by atoms with Crippen molar-refractivity contribution in [1.29, 1.82) is 0 Å². The van der Waals surface area contributed by atoms with E-state index in [1.807, 2.05) is 13.8 Å². The van der Waals surface area contributed by atoms with Crippen molar-refractivity contribution in [3.63, 3.8) is 0 Å². The molecule has 8 heteroatoms. The Hall–Kier alpha value is -0.700. The van der Waals surface area contributed by atoms with Gasteiger partial charge in [0.1, 0.15) is 0 Å². The molecule has 0 aromatic carbocycles. The van der Waals surface area contributed by atoms with Gasteiger partial charge in [-0.05, 0) is 5.92 Å². The van der Waals surface area contributed by atoms with Crippen LogP contribution in [0.2, 0.25) is 0 Å². The number of hydrogen-bond donors (Lipinski definition) is 2. The third kappa shape index (κ3) is 4.20. The normalized spacial score (nSPS) is 18.4. The maximum atomic E-state index is 12.4. The Morgan fingerprint density at radius 3 is 2.39 bits per heavy atom. The maximum absolute atomic E-state index is 12.4. The van der Waals surface area contributed by atoms with Crippen molar-refractivity contribution in [2.24, 2.45) is 11.7 Å². The van der Waals surface area contributed by atoms with E-state index < -0.39 is 16.1 Å². The third-order valence-corrected chi connectivity index (χ3v) is 4.58. The van der Waals surface area contributed by atoms with Crippen LogP contribution in [0.15, 0.2) is 0 Å². The molecule has 1 fully saturated rings. The summed E-state index contributed by atoms with van der Waals surface area (Å²) < 4.78 is 27.3. The molecule has 0 aromatic heterocycles. The molecule has 1 saturated heterocycles. The van der Waals surface area contributed by atoms with E-state index in [-0.39, 0.29) is 12.5 Å². The fraction of sp³-hybridized carbons (Fsp3) is 0.900. The van der Waals surface area contributed by atoms with Crippen molar-refractivity contribution in [3.8, 4) is 0 Å². The Bertz CT molecular complexity index is 377. The van der Waals surface area contributed by atoms with Gasteiger partial charge in [0.25, 0.3) is 10.2 Å². The minimum atomic E-state index is -3.59. The lowest BCUT2D eigenvalue weighted by molar-refractivity contribution is -0.118. The molecule has 0 unspecified atom stereocenters. The van der Waals surface area contributed by atoms with Crippen LogP contribution in [0, 0.1) is 5.92 Å². The lowest BCUT2D eigenvalue weighted by Gasteiger charge is -2.32. The second-order valence-electron chi connectivity index (χ2n) is 4.81. The van der Waals surface area contributed by atoms with Crippen molar-refractivity contribution >= 4 is 16.1 Å². The van der Waals surface area contributed by atoms with Crippen molar-refractivity contribution in [2.45, 2.75) is 13.8 Å². The zero-order valence-electron chi connectivity index (χ0n) is 10.9. The zero-order chi connectivity index (χ0) is 13.8. The summed E-state index contributed by atoms with van der Waals surface area (Å²) in [5.74, 6) is -0.489. The van der Waals surface area contributed by atoms with Crippen molar-refractivity contribution in [3.05, 3.63) is 0 Å². The van der Waals surface area contributed by atoms with Crippen LogP contribution in [0.25, 0.3) is 0 Å². The molecular formula is C10H22N4O3S. The average molecular weight is 278 g/mol. The first-order chi connectivity index (χ1) is 8.34. The first kappa shape index (κ1) is 15.4. The Balaban J connectivity index is 2.83. The molecule has 7 nitrogen and oxygen atoms in total. The lowest BCUT2D eigenvalue weighted by Crippen LogP contribution is -2.53. The molecule has 0 bridgehead atoms. The van der Waals surface area contributed by atoms with Gasteiger partial charge in [-0.15, -0.1) is 0 Å². The standard InChI is InChI=1S/C10H22N4O3S/c1-9(2)7-14(8-10(11)15)18(16,17)13-5-3-12-4-6-13/h9,12H,3-8H2,1-2H3,(H2,11,15). The highest BCUT2D eigenvalue weighted by Gasteiger charge is 2.31. The van der Waals surface area contributed by atoms with Crippen molar-refractivity contribution < 1.29 is 13.2 Å². The summed E-state index contributed by atoms with van der Waals surface area (Å²) in [6.07, 6.45) is 0. The molecule has 0 aromatic rings. The van der Waals surface area contributed by atoms with Gasteiger partial charge in [-0.2, -0.15) is 17.0 Å². The van der Waals surface area contributed by atoms with E-state index in [2.05, 4.69) is 5.32 Å². The van der Waals surface area contributed by atoms with Crippen molar-refractivity contribution in [1.82, 2.24) is 13.9 Å². The smallest absolute Gasteiger partial charge is 0.282 e. The Morgan fingerprint density at radius 2 is 1.94 bits per heavy atom. The van der Waals surface area contributed by atoms with Gasteiger partial charge in [0.2, 0.25) is 5.91 Å². The fourth-order valence-corrected chi connectivity index (χ4v) is 3.61. The summed E-state index contributed by atoms with van der Waals surface area (Å²) in [7, 11) is -3.59. The highest BCUT2D eigenvalue weighted by atomic mass is 32.2. The second-order valence-corrected chi connectivity index (χ2v) is 6.74. The quantitative estimate of drug-likeness (QED) is 0.623. The van der Waals surface area contributed by atoms with E-state index in [0.29, 0.717) is 32.7 Å². The van der Waals surface area contributed by atoms with Gasteiger partial charge in [0.05, 0.1) is 6.54 Å². The van der Waals surface area contributed by atoms with Crippen LogP contribution in [-0.4, -0.2) is 62.2 Å². The maximum Gasteiger partial charge on any atom is 0.282 e. The highest BCUT2D eigenvalue weighted by Crippen LogP contribution is 2.11. The molecular weight excluding hydrogens is 256 g/mol. The number of amides is 1. The van der Waals surface area contributed by atoms with Gasteiger partial charge in [0.15, 0.2) is 0 Å². The molecule has 18 heavy (non-hydrogen) atoms. The minimum absolute atomic E-state index is 0.141. The Morgan fingerprint density at radius 1 is 1.39 bits per heavy atom. The minimum Gasteiger partial charge on any atom is -0.369 e. The molecule has 0 radical (unpaired) electrons. The van der Waals surface area contributed by atoms with Gasteiger partial charge in [-0.25, -0.2) is 0 Å². The molecule has 106 valence electrons. The number of nitrogens with zero attached hydrogens (tertiary/aromatic N) is 2. The molecule has 0 aliphatic carbocycles. The highest BCUT2D eigenvalue weighted by molar-refractivity contribution is 7.86. The van der Waals surface area contributed by atoms with Crippen LogP contribution in [0.5, 0.6) is 0 Å². The molecule has 0 saturated carbocycles. The van der Waals surface area contributed by atoms with Gasteiger partial charge in [0, 0.05) is 32.7 Å². The van der Waals surface area contributed by atoms with Crippen molar-refractivity contribution in [2.75, 3.05) is 39.3 Å². The monoisotopic (exact) mass is 278 g/mol. The van der Waals surface area contributed by atoms with Gasteiger partial charge in [-0.3, -0.25) is 4.79 Å². The predicted molar refractivity (Wildman–Crippen MR) is 69.0 cm³/mol. The van der Waals surface area contributed by atoms with Gasteiger partial charge >= 0.3 is 0 Å². The summed E-state index contributed by atoms with van der Waals surface area (Å²) in [6, 6.07) is 0. The van der Waals surface area contributed by atoms with Crippen LogP contribution in [-0.2, 0) is 15.0 Å². The van der Waals surface area contributed by atoms with E-state index in [4.69, 9.17) is 5.73 Å². The average Bonchev–Trinajstić information content (AvgIpc) is 2.28. The SMILES string of the molecule is CC(C)CN(CC(N)=O)S(=O)(=O)N1CCNCC1. The van der Waals surface area contributed by atoms with Crippen LogP contribution < -0.4 is 11.1 Å². The molecule has 1 amide bonds. The lowest BCUT2D eigenvalue weighted by atomic mass is 10.2.